The Bertz CT molecular complexity index is 426. The molecule has 0 radical (unpaired) electrons. The topological polar surface area (TPSA) is 86.3 Å². The zero-order chi connectivity index (χ0) is 14.0. The summed E-state index contributed by atoms with van der Waals surface area (Å²) in [5, 5.41) is 7.68. The Hall–Kier alpha value is -1.63. The summed E-state index contributed by atoms with van der Waals surface area (Å²) < 4.78 is 7.11. The predicted molar refractivity (Wildman–Crippen MR) is 69.3 cm³/mol. The number of hydrogen-bond donors (Lipinski definition) is 1. The lowest BCUT2D eigenvalue weighted by molar-refractivity contribution is 0.0209. The largest absolute Gasteiger partial charge is 0.444 e. The van der Waals surface area contributed by atoms with Crippen LogP contribution in [0.5, 0.6) is 0 Å². The molecule has 0 bridgehead atoms. The summed E-state index contributed by atoms with van der Waals surface area (Å²) in [6.45, 7) is 6.68. The molecule has 1 aliphatic rings. The van der Waals surface area contributed by atoms with Crippen LogP contribution in [0.25, 0.3) is 0 Å². The zero-order valence-electron chi connectivity index (χ0n) is 11.6. The zero-order valence-corrected chi connectivity index (χ0v) is 11.6. The molecule has 1 unspecified atom stereocenters. The van der Waals surface area contributed by atoms with E-state index in [2.05, 4.69) is 10.3 Å². The standard InChI is InChI=1S/C12H21N5O2/c1-12(2,3)19-11(18)17-7-9(13)6-10(17)8-16-5-4-14-15-16/h4-5,9-10H,6-8,13H2,1-3H3/t9?,10-/m1/s1. The van der Waals surface area contributed by atoms with Gasteiger partial charge in [0, 0.05) is 18.8 Å². The van der Waals surface area contributed by atoms with Gasteiger partial charge in [0.1, 0.15) is 5.60 Å². The van der Waals surface area contributed by atoms with Gasteiger partial charge in [-0.15, -0.1) is 5.10 Å². The summed E-state index contributed by atoms with van der Waals surface area (Å²) in [6.07, 6.45) is 3.83. The number of carbonyl (C=O) groups excluding carboxylic acids is 1. The molecule has 1 amide bonds. The third-order valence-corrected chi connectivity index (χ3v) is 2.94. The van der Waals surface area contributed by atoms with Gasteiger partial charge in [-0.3, -0.25) is 4.68 Å². The number of nitrogens with zero attached hydrogens (tertiary/aromatic N) is 4. The van der Waals surface area contributed by atoms with Gasteiger partial charge in [0.25, 0.3) is 0 Å². The fraction of sp³-hybridized carbons (Fsp3) is 0.750. The van der Waals surface area contributed by atoms with E-state index >= 15 is 0 Å². The van der Waals surface area contributed by atoms with Crippen molar-refractivity contribution in [1.29, 1.82) is 0 Å². The lowest BCUT2D eigenvalue weighted by atomic mass is 10.2. The Balaban J connectivity index is 2.03. The number of rotatable bonds is 2. The highest BCUT2D eigenvalue weighted by atomic mass is 16.6. The van der Waals surface area contributed by atoms with Crippen LogP contribution in [0.4, 0.5) is 4.79 Å². The van der Waals surface area contributed by atoms with Gasteiger partial charge >= 0.3 is 6.09 Å². The van der Waals surface area contributed by atoms with E-state index in [9.17, 15) is 4.79 Å². The maximum absolute atomic E-state index is 12.1. The first-order valence-electron chi connectivity index (χ1n) is 6.44. The second-order valence-corrected chi connectivity index (χ2v) is 5.91. The van der Waals surface area contributed by atoms with Crippen molar-refractivity contribution < 1.29 is 9.53 Å². The Morgan fingerprint density at radius 2 is 2.26 bits per heavy atom. The Labute approximate surface area is 112 Å². The Kier molecular flexibility index (Phi) is 3.75. The van der Waals surface area contributed by atoms with Crippen molar-refractivity contribution in [3.63, 3.8) is 0 Å². The molecule has 0 spiro atoms. The van der Waals surface area contributed by atoms with Gasteiger partial charge < -0.3 is 15.4 Å². The van der Waals surface area contributed by atoms with Crippen LogP contribution in [0, 0.1) is 0 Å². The maximum Gasteiger partial charge on any atom is 0.410 e. The molecule has 1 fully saturated rings. The minimum atomic E-state index is -0.498. The van der Waals surface area contributed by atoms with Gasteiger partial charge in [0.2, 0.25) is 0 Å². The van der Waals surface area contributed by atoms with Crippen LogP contribution in [0.15, 0.2) is 12.4 Å². The van der Waals surface area contributed by atoms with Crippen LogP contribution in [0.2, 0.25) is 0 Å². The fourth-order valence-electron chi connectivity index (χ4n) is 2.22. The molecule has 2 atom stereocenters. The molecule has 19 heavy (non-hydrogen) atoms. The van der Waals surface area contributed by atoms with Crippen LogP contribution in [-0.4, -0.2) is 50.2 Å². The Morgan fingerprint density at radius 1 is 1.53 bits per heavy atom. The van der Waals surface area contributed by atoms with Gasteiger partial charge in [-0.05, 0) is 27.2 Å². The summed E-state index contributed by atoms with van der Waals surface area (Å²) in [7, 11) is 0. The van der Waals surface area contributed by atoms with Gasteiger partial charge in [-0.1, -0.05) is 5.21 Å². The van der Waals surface area contributed by atoms with E-state index in [4.69, 9.17) is 10.5 Å². The van der Waals surface area contributed by atoms with E-state index in [1.165, 1.54) is 0 Å². The average molecular weight is 267 g/mol. The van der Waals surface area contributed by atoms with E-state index in [1.807, 2.05) is 20.8 Å². The molecule has 2 N–H and O–H groups in total. The first kappa shape index (κ1) is 13.8. The molecule has 0 aliphatic carbocycles. The maximum atomic E-state index is 12.1. The molecule has 7 heteroatoms. The molecule has 1 saturated heterocycles. The monoisotopic (exact) mass is 267 g/mol. The van der Waals surface area contributed by atoms with Crippen LogP contribution in [0.3, 0.4) is 0 Å². The third kappa shape index (κ3) is 3.66. The summed E-state index contributed by atoms with van der Waals surface area (Å²) in [6, 6.07) is -0.00686. The summed E-state index contributed by atoms with van der Waals surface area (Å²) in [5.74, 6) is 0. The molecule has 2 heterocycles. The van der Waals surface area contributed by atoms with E-state index in [1.54, 1.807) is 22.0 Å². The molecule has 0 aromatic carbocycles. The summed E-state index contributed by atoms with van der Waals surface area (Å²) >= 11 is 0. The van der Waals surface area contributed by atoms with E-state index < -0.39 is 5.60 Å². The highest BCUT2D eigenvalue weighted by Gasteiger charge is 2.36. The van der Waals surface area contributed by atoms with Gasteiger partial charge in [-0.25, -0.2) is 4.79 Å². The number of ether oxygens (including phenoxy) is 1. The van der Waals surface area contributed by atoms with Crippen molar-refractivity contribution in [2.24, 2.45) is 5.73 Å². The summed E-state index contributed by atoms with van der Waals surface area (Å²) in [4.78, 5) is 13.8. The van der Waals surface area contributed by atoms with Crippen LogP contribution in [0.1, 0.15) is 27.2 Å². The number of aromatic nitrogens is 3. The van der Waals surface area contributed by atoms with Gasteiger partial charge in [0.05, 0.1) is 18.8 Å². The number of nitrogens with two attached hydrogens (primary N) is 1. The highest BCUT2D eigenvalue weighted by Crippen LogP contribution is 2.21. The second kappa shape index (κ2) is 5.16. The summed E-state index contributed by atoms with van der Waals surface area (Å²) in [5.41, 5.74) is 5.45. The predicted octanol–water partition coefficient (Wildman–Crippen LogP) is 0.615. The molecule has 1 aromatic rings. The SMILES string of the molecule is CC(C)(C)OC(=O)N1CC(N)C[C@@H]1Cn1ccnn1. The van der Waals surface area contributed by atoms with Crippen molar-refractivity contribution in [2.45, 2.75) is 51.4 Å². The molecule has 7 nitrogen and oxygen atoms in total. The first-order valence-corrected chi connectivity index (χ1v) is 6.44. The quantitative estimate of drug-likeness (QED) is 0.848. The minimum absolute atomic E-state index is 0.00606. The van der Waals surface area contributed by atoms with Crippen LogP contribution < -0.4 is 5.73 Å². The smallest absolute Gasteiger partial charge is 0.410 e. The number of likely N-dealkylation sites (tertiary alicyclic amines) is 1. The van der Waals surface area contributed by atoms with Crippen LogP contribution >= 0.6 is 0 Å². The normalized spacial score (nSPS) is 23.7. The highest BCUT2D eigenvalue weighted by molar-refractivity contribution is 5.69. The fourth-order valence-corrected chi connectivity index (χ4v) is 2.22. The van der Waals surface area contributed by atoms with Crippen molar-refractivity contribution in [3.8, 4) is 0 Å². The first-order chi connectivity index (χ1) is 8.85. The lowest BCUT2D eigenvalue weighted by Crippen LogP contribution is -2.42. The second-order valence-electron chi connectivity index (χ2n) is 5.91. The number of carbonyl (C=O) groups is 1. The Morgan fingerprint density at radius 3 is 2.84 bits per heavy atom. The number of amides is 1. The van der Waals surface area contributed by atoms with Crippen molar-refractivity contribution >= 4 is 6.09 Å². The molecular formula is C12H21N5O2. The molecule has 0 saturated carbocycles. The van der Waals surface area contributed by atoms with Crippen LogP contribution in [-0.2, 0) is 11.3 Å². The molecule has 1 aliphatic heterocycles. The molecule has 106 valence electrons. The van der Waals surface area contributed by atoms with Crippen molar-refractivity contribution in [3.05, 3.63) is 12.4 Å². The lowest BCUT2D eigenvalue weighted by Gasteiger charge is -2.28. The molecule has 2 rings (SSSR count). The van der Waals surface area contributed by atoms with Gasteiger partial charge in [0.15, 0.2) is 0 Å². The molecule has 1 aromatic heterocycles. The van der Waals surface area contributed by atoms with Gasteiger partial charge in [-0.2, -0.15) is 0 Å². The average Bonchev–Trinajstić information content (AvgIpc) is 2.86. The van der Waals surface area contributed by atoms with E-state index in [0.717, 1.165) is 6.42 Å². The minimum Gasteiger partial charge on any atom is -0.444 e. The van der Waals surface area contributed by atoms with Crippen molar-refractivity contribution in [2.75, 3.05) is 6.54 Å². The van der Waals surface area contributed by atoms with E-state index in [-0.39, 0.29) is 18.2 Å². The van der Waals surface area contributed by atoms with Crippen molar-refractivity contribution in [1.82, 2.24) is 19.9 Å². The van der Waals surface area contributed by atoms with E-state index in [0.29, 0.717) is 13.1 Å². The number of hydrogen-bond acceptors (Lipinski definition) is 5. The molecular weight excluding hydrogens is 246 g/mol. The third-order valence-electron chi connectivity index (χ3n) is 2.94.